The van der Waals surface area contributed by atoms with Crippen LogP contribution in [0.4, 0.5) is 10.5 Å². The van der Waals surface area contributed by atoms with E-state index in [4.69, 9.17) is 4.74 Å². The van der Waals surface area contributed by atoms with E-state index in [1.165, 1.54) is 4.90 Å². The van der Waals surface area contributed by atoms with Gasteiger partial charge in [0.2, 0.25) is 0 Å². The fourth-order valence-electron chi connectivity index (χ4n) is 3.41. The second-order valence-electron chi connectivity index (χ2n) is 7.79. The first kappa shape index (κ1) is 22.1. The van der Waals surface area contributed by atoms with E-state index in [-0.39, 0.29) is 18.0 Å². The number of hydrogen-bond acceptors (Lipinski definition) is 4. The molecule has 31 heavy (non-hydrogen) atoms. The molecule has 0 saturated heterocycles. The minimum Gasteiger partial charge on any atom is -0.459 e. The molecule has 0 bridgehead atoms. The molecule has 1 heterocycles. The van der Waals surface area contributed by atoms with Gasteiger partial charge in [-0.2, -0.15) is 0 Å². The van der Waals surface area contributed by atoms with Gasteiger partial charge in [0.05, 0.1) is 17.7 Å². The zero-order valence-electron chi connectivity index (χ0n) is 18.4. The standard InChI is InChI=1S/C24H27N3O4/c1-14(2)31-23(29)20-16(4)27(5)24(30)26-21(20)17-10-12-18(13-11-17)25-22(28)19-9-7-6-8-15(19)3/h6-14,21H,1-5H3,(H,25,28)(H,26,30)/t21-/m1/s1. The maximum atomic E-state index is 12.7. The van der Waals surface area contributed by atoms with Crippen LogP contribution in [0.5, 0.6) is 0 Å². The number of ether oxygens (including phenoxy) is 1. The molecule has 1 atom stereocenters. The van der Waals surface area contributed by atoms with Crippen molar-refractivity contribution in [2.75, 3.05) is 12.4 Å². The first-order chi connectivity index (χ1) is 14.7. The van der Waals surface area contributed by atoms with E-state index in [2.05, 4.69) is 10.6 Å². The molecule has 7 nitrogen and oxygen atoms in total. The maximum absolute atomic E-state index is 12.7. The molecule has 2 N–H and O–H groups in total. The number of carbonyl (C=O) groups excluding carboxylic acids is 3. The summed E-state index contributed by atoms with van der Waals surface area (Å²) in [5.74, 6) is -0.670. The molecule has 0 radical (unpaired) electrons. The number of carbonyl (C=O) groups is 3. The molecule has 0 fully saturated rings. The second kappa shape index (κ2) is 9.04. The quantitative estimate of drug-likeness (QED) is 0.710. The van der Waals surface area contributed by atoms with Crippen molar-refractivity contribution in [2.24, 2.45) is 0 Å². The van der Waals surface area contributed by atoms with Crippen molar-refractivity contribution in [3.8, 4) is 0 Å². The summed E-state index contributed by atoms with van der Waals surface area (Å²) in [4.78, 5) is 39.0. The Hall–Kier alpha value is -3.61. The lowest BCUT2D eigenvalue weighted by Crippen LogP contribution is -2.46. The van der Waals surface area contributed by atoms with E-state index in [1.54, 1.807) is 58.2 Å². The van der Waals surface area contributed by atoms with Crippen molar-refractivity contribution in [3.63, 3.8) is 0 Å². The van der Waals surface area contributed by atoms with Crippen molar-refractivity contribution in [1.82, 2.24) is 10.2 Å². The monoisotopic (exact) mass is 421 g/mol. The Kier molecular flexibility index (Phi) is 6.44. The topological polar surface area (TPSA) is 87.7 Å². The molecule has 0 unspecified atom stereocenters. The molecule has 162 valence electrons. The lowest BCUT2D eigenvalue weighted by atomic mass is 9.95. The molecule has 2 aromatic carbocycles. The van der Waals surface area contributed by atoms with Crippen LogP contribution in [-0.4, -0.2) is 36.0 Å². The summed E-state index contributed by atoms with van der Waals surface area (Å²) in [6.07, 6.45) is -0.282. The molecular formula is C24H27N3O4. The van der Waals surface area contributed by atoms with E-state index >= 15 is 0 Å². The Morgan fingerprint density at radius 3 is 2.32 bits per heavy atom. The lowest BCUT2D eigenvalue weighted by molar-refractivity contribution is -0.143. The number of rotatable bonds is 5. The number of aryl methyl sites for hydroxylation is 1. The highest BCUT2D eigenvalue weighted by Crippen LogP contribution is 2.31. The van der Waals surface area contributed by atoms with Crippen molar-refractivity contribution >= 4 is 23.6 Å². The van der Waals surface area contributed by atoms with Crippen LogP contribution in [0.25, 0.3) is 0 Å². The predicted octanol–water partition coefficient (Wildman–Crippen LogP) is 4.17. The highest BCUT2D eigenvalue weighted by atomic mass is 16.5. The van der Waals surface area contributed by atoms with Crippen LogP contribution in [0.1, 0.15) is 48.3 Å². The van der Waals surface area contributed by atoms with Gasteiger partial charge in [0, 0.05) is 24.0 Å². The summed E-state index contributed by atoms with van der Waals surface area (Å²) in [6.45, 7) is 7.16. The van der Waals surface area contributed by atoms with Crippen LogP contribution in [0.15, 0.2) is 59.8 Å². The average molecular weight is 421 g/mol. The Morgan fingerprint density at radius 1 is 1.06 bits per heavy atom. The summed E-state index contributed by atoms with van der Waals surface area (Å²) < 4.78 is 5.40. The van der Waals surface area contributed by atoms with Crippen LogP contribution in [-0.2, 0) is 9.53 Å². The largest absolute Gasteiger partial charge is 0.459 e. The van der Waals surface area contributed by atoms with Gasteiger partial charge in [0.15, 0.2) is 0 Å². The number of amides is 3. The number of nitrogens with zero attached hydrogens (tertiary/aromatic N) is 1. The zero-order chi connectivity index (χ0) is 22.7. The molecule has 1 aliphatic heterocycles. The molecule has 0 aliphatic carbocycles. The normalized spacial score (nSPS) is 16.3. The molecular weight excluding hydrogens is 394 g/mol. The van der Waals surface area contributed by atoms with Crippen molar-refractivity contribution in [2.45, 2.75) is 39.8 Å². The van der Waals surface area contributed by atoms with Crippen LogP contribution in [0.3, 0.4) is 0 Å². The third kappa shape index (κ3) is 4.77. The fraction of sp³-hybridized carbons (Fsp3) is 0.292. The van der Waals surface area contributed by atoms with Gasteiger partial charge >= 0.3 is 12.0 Å². The number of benzene rings is 2. The van der Waals surface area contributed by atoms with Crippen molar-refractivity contribution in [1.29, 1.82) is 0 Å². The molecule has 0 saturated carbocycles. The SMILES string of the molecule is CC1=C(C(=O)OC(C)C)[C@@H](c2ccc(NC(=O)c3ccccc3C)cc2)NC(=O)N1C. The van der Waals surface area contributed by atoms with Crippen LogP contribution in [0, 0.1) is 6.92 Å². The molecule has 2 aromatic rings. The van der Waals surface area contributed by atoms with Gasteiger partial charge in [0.1, 0.15) is 0 Å². The third-order valence-corrected chi connectivity index (χ3v) is 5.21. The Morgan fingerprint density at radius 2 is 1.71 bits per heavy atom. The number of nitrogens with one attached hydrogen (secondary N) is 2. The van der Waals surface area contributed by atoms with E-state index in [1.807, 2.05) is 25.1 Å². The highest BCUT2D eigenvalue weighted by Gasteiger charge is 2.35. The molecule has 3 rings (SSSR count). The summed E-state index contributed by atoms with van der Waals surface area (Å²) in [5, 5.41) is 5.73. The zero-order valence-corrected chi connectivity index (χ0v) is 18.4. The number of hydrogen-bond donors (Lipinski definition) is 2. The van der Waals surface area contributed by atoms with Gasteiger partial charge in [-0.3, -0.25) is 4.79 Å². The molecule has 1 aliphatic rings. The first-order valence-electron chi connectivity index (χ1n) is 10.1. The van der Waals surface area contributed by atoms with Gasteiger partial charge in [-0.15, -0.1) is 0 Å². The fourth-order valence-corrected chi connectivity index (χ4v) is 3.41. The van der Waals surface area contributed by atoms with Crippen LogP contribution >= 0.6 is 0 Å². The first-order valence-corrected chi connectivity index (χ1v) is 10.1. The van der Waals surface area contributed by atoms with Gasteiger partial charge < -0.3 is 20.3 Å². The second-order valence-corrected chi connectivity index (χ2v) is 7.79. The van der Waals surface area contributed by atoms with Crippen LogP contribution in [0.2, 0.25) is 0 Å². The number of allylic oxidation sites excluding steroid dienone is 1. The maximum Gasteiger partial charge on any atom is 0.338 e. The predicted molar refractivity (Wildman–Crippen MR) is 119 cm³/mol. The highest BCUT2D eigenvalue weighted by molar-refractivity contribution is 6.05. The van der Waals surface area contributed by atoms with Crippen molar-refractivity contribution < 1.29 is 19.1 Å². The minimum atomic E-state index is -0.643. The van der Waals surface area contributed by atoms with Gasteiger partial charge in [-0.25, -0.2) is 9.59 Å². The Balaban J connectivity index is 1.86. The van der Waals surface area contributed by atoms with Crippen molar-refractivity contribution in [3.05, 3.63) is 76.5 Å². The van der Waals surface area contributed by atoms with E-state index in [0.717, 1.165) is 5.56 Å². The van der Waals surface area contributed by atoms with E-state index < -0.39 is 12.0 Å². The Bertz CT molecular complexity index is 1040. The number of esters is 1. The van der Waals surface area contributed by atoms with E-state index in [0.29, 0.717) is 28.1 Å². The molecule has 7 heteroatoms. The Labute approximate surface area is 182 Å². The summed E-state index contributed by atoms with van der Waals surface area (Å²) in [5.41, 5.74) is 3.74. The van der Waals surface area contributed by atoms with Gasteiger partial charge in [0.25, 0.3) is 5.91 Å². The summed E-state index contributed by atoms with van der Waals surface area (Å²) in [6, 6.07) is 13.5. The third-order valence-electron chi connectivity index (χ3n) is 5.21. The van der Waals surface area contributed by atoms with Crippen LogP contribution < -0.4 is 10.6 Å². The molecule has 3 amide bonds. The number of anilines is 1. The van der Waals surface area contributed by atoms with Gasteiger partial charge in [-0.05, 0) is 57.0 Å². The molecule has 0 spiro atoms. The average Bonchev–Trinajstić information content (AvgIpc) is 2.72. The summed E-state index contributed by atoms with van der Waals surface area (Å²) in [7, 11) is 1.60. The lowest BCUT2D eigenvalue weighted by Gasteiger charge is -2.33. The smallest absolute Gasteiger partial charge is 0.338 e. The van der Waals surface area contributed by atoms with Gasteiger partial charge in [-0.1, -0.05) is 30.3 Å². The molecule has 0 aromatic heterocycles. The summed E-state index contributed by atoms with van der Waals surface area (Å²) >= 11 is 0. The number of urea groups is 1. The minimum absolute atomic E-state index is 0.199. The van der Waals surface area contributed by atoms with E-state index in [9.17, 15) is 14.4 Å².